The van der Waals surface area contributed by atoms with Gasteiger partial charge in [-0.2, -0.15) is 0 Å². The van der Waals surface area contributed by atoms with E-state index in [1.807, 2.05) is 60.7 Å². The molecule has 5 atom stereocenters. The van der Waals surface area contributed by atoms with Gasteiger partial charge in [0.25, 0.3) is 0 Å². The fourth-order valence-corrected chi connectivity index (χ4v) is 4.49. The number of carbonyl (C=O) groups excluding carboxylic acids is 1. The van der Waals surface area contributed by atoms with Crippen LogP contribution >= 0.6 is 0 Å². The maximum atomic E-state index is 13.2. The van der Waals surface area contributed by atoms with Gasteiger partial charge in [-0.05, 0) is 57.6 Å². The summed E-state index contributed by atoms with van der Waals surface area (Å²) in [5, 5.41) is 10.4. The zero-order valence-electron chi connectivity index (χ0n) is 25.5. The second-order valence-corrected chi connectivity index (χ2v) is 11.5. The molecule has 2 aromatic carbocycles. The minimum atomic E-state index is -0.934. The number of allylic oxidation sites excluding steroid dienone is 2. The summed E-state index contributed by atoms with van der Waals surface area (Å²) < 4.78 is 36.4. The van der Waals surface area contributed by atoms with Crippen molar-refractivity contribution in [3.05, 3.63) is 83.9 Å². The Balaban J connectivity index is 1.79. The van der Waals surface area contributed by atoms with Gasteiger partial charge in [0.2, 0.25) is 0 Å². The van der Waals surface area contributed by atoms with Crippen LogP contribution in [0.25, 0.3) is 0 Å². The topological polar surface area (TPSA) is 92.7 Å². The molecule has 0 radical (unpaired) electrons. The highest BCUT2D eigenvalue weighted by molar-refractivity contribution is 5.75. The molecule has 0 saturated carbocycles. The van der Waals surface area contributed by atoms with E-state index in [2.05, 4.69) is 12.2 Å². The number of hydrogen-bond donors (Lipinski definition) is 1. The largest absolute Gasteiger partial charge is 0.454 e. The number of unbranched alkanes of at least 4 members (excludes halogenated alkanes) is 2. The van der Waals surface area contributed by atoms with Crippen LogP contribution in [0.2, 0.25) is 0 Å². The van der Waals surface area contributed by atoms with Crippen molar-refractivity contribution < 1.29 is 38.3 Å². The van der Waals surface area contributed by atoms with Crippen LogP contribution in [0, 0.1) is 5.41 Å². The summed E-state index contributed by atoms with van der Waals surface area (Å²) in [5.41, 5.74) is 1.17. The van der Waals surface area contributed by atoms with Crippen LogP contribution < -0.4 is 0 Å². The molecule has 8 heteroatoms. The lowest BCUT2D eigenvalue weighted by molar-refractivity contribution is -0.320. The van der Waals surface area contributed by atoms with Gasteiger partial charge in [0.05, 0.1) is 31.8 Å². The molecule has 1 aliphatic rings. The van der Waals surface area contributed by atoms with E-state index >= 15 is 0 Å². The summed E-state index contributed by atoms with van der Waals surface area (Å²) in [6.07, 6.45) is 3.77. The van der Waals surface area contributed by atoms with Crippen LogP contribution in [0.4, 0.5) is 0 Å². The van der Waals surface area contributed by atoms with E-state index < -0.39 is 42.1 Å². The van der Waals surface area contributed by atoms with Gasteiger partial charge in [0.1, 0.15) is 18.3 Å². The monoisotopic (exact) mass is 584 g/mol. The Kier molecular flexibility index (Phi) is 14.7. The molecule has 1 fully saturated rings. The first-order chi connectivity index (χ1) is 20.3. The summed E-state index contributed by atoms with van der Waals surface area (Å²) in [7, 11) is 1.71. The highest BCUT2D eigenvalue weighted by atomic mass is 16.7. The van der Waals surface area contributed by atoms with Crippen molar-refractivity contribution in [3.63, 3.8) is 0 Å². The molecule has 1 N–H and O–H groups in total. The lowest BCUT2D eigenvalue weighted by Crippen LogP contribution is -2.62. The van der Waals surface area contributed by atoms with Gasteiger partial charge in [-0.1, -0.05) is 72.8 Å². The Bertz CT molecular complexity index is 1040. The second-order valence-electron chi connectivity index (χ2n) is 11.5. The van der Waals surface area contributed by atoms with Gasteiger partial charge in [-0.25, -0.2) is 0 Å². The molecule has 0 amide bonds. The molecule has 8 nitrogen and oxygen atoms in total. The summed E-state index contributed by atoms with van der Waals surface area (Å²) in [4.78, 5) is 13.2. The zero-order chi connectivity index (χ0) is 30.2. The van der Waals surface area contributed by atoms with Crippen molar-refractivity contribution in [1.29, 1.82) is 0 Å². The van der Waals surface area contributed by atoms with Gasteiger partial charge >= 0.3 is 5.97 Å². The summed E-state index contributed by atoms with van der Waals surface area (Å²) >= 11 is 0. The van der Waals surface area contributed by atoms with Crippen LogP contribution in [-0.2, 0) is 46.4 Å². The normalized spacial score (nSPS) is 22.8. The van der Waals surface area contributed by atoms with Gasteiger partial charge in [0.15, 0.2) is 12.4 Å². The first kappa shape index (κ1) is 33.9. The second kappa shape index (κ2) is 18.2. The van der Waals surface area contributed by atoms with Crippen molar-refractivity contribution in [2.45, 2.75) is 90.4 Å². The van der Waals surface area contributed by atoms with E-state index in [-0.39, 0.29) is 19.8 Å². The molecule has 3 rings (SSSR count). The summed E-state index contributed by atoms with van der Waals surface area (Å²) in [5.74, 6) is -0.402. The smallest absolute Gasteiger partial charge is 0.311 e. The first-order valence-corrected chi connectivity index (χ1v) is 14.9. The number of hydrogen-bond acceptors (Lipinski definition) is 8. The number of carbonyl (C=O) groups is 1. The predicted octanol–water partition coefficient (Wildman–Crippen LogP) is 5.61. The predicted molar refractivity (Wildman–Crippen MR) is 161 cm³/mol. The van der Waals surface area contributed by atoms with Crippen molar-refractivity contribution in [3.8, 4) is 0 Å². The Hall–Kier alpha value is -2.59. The number of rotatable bonds is 17. The van der Waals surface area contributed by atoms with Crippen molar-refractivity contribution in [2.24, 2.45) is 5.41 Å². The number of ether oxygens (including phenoxy) is 6. The third kappa shape index (κ3) is 11.2. The average molecular weight is 585 g/mol. The van der Waals surface area contributed by atoms with Gasteiger partial charge < -0.3 is 33.5 Å². The van der Waals surface area contributed by atoms with Crippen molar-refractivity contribution >= 4 is 5.97 Å². The van der Waals surface area contributed by atoms with Crippen LogP contribution in [0.15, 0.2) is 72.8 Å². The van der Waals surface area contributed by atoms with E-state index in [0.29, 0.717) is 6.61 Å². The number of benzene rings is 2. The Morgan fingerprint density at radius 2 is 1.36 bits per heavy atom. The van der Waals surface area contributed by atoms with Crippen molar-refractivity contribution in [2.75, 3.05) is 26.9 Å². The number of esters is 1. The van der Waals surface area contributed by atoms with E-state index in [9.17, 15) is 9.90 Å². The van der Waals surface area contributed by atoms with E-state index in [1.165, 1.54) is 0 Å². The van der Waals surface area contributed by atoms with E-state index in [4.69, 9.17) is 28.4 Å². The standard InChI is InChI=1S/C34H48O8/c1-34(2,3)33(36)42-31-30(40-25-27-19-13-10-14-20-27)29(39-24-26-17-11-9-12-18-26)28(23-35)41-32(31)38-22-16-8-6-5-7-15-21-37-4/h5-6,9-14,17-20,28-32,35H,7-8,15-16,21-25H2,1-4H3/b6-5-/t28?,29-,30+,31?,32+/m0/s1. The molecule has 0 bridgehead atoms. The molecular formula is C34H48O8. The maximum absolute atomic E-state index is 13.2. The molecule has 0 aromatic heterocycles. The number of aliphatic hydroxyl groups is 1. The third-order valence-electron chi connectivity index (χ3n) is 6.88. The molecule has 0 aliphatic carbocycles. The maximum Gasteiger partial charge on any atom is 0.311 e. The lowest BCUT2D eigenvalue weighted by atomic mass is 9.95. The van der Waals surface area contributed by atoms with E-state index in [1.54, 1.807) is 27.9 Å². The highest BCUT2D eigenvalue weighted by Crippen LogP contribution is 2.32. The molecule has 1 heterocycles. The van der Waals surface area contributed by atoms with Gasteiger partial charge in [-0.15, -0.1) is 0 Å². The Morgan fingerprint density at radius 1 is 0.810 bits per heavy atom. The molecule has 1 aliphatic heterocycles. The zero-order valence-corrected chi connectivity index (χ0v) is 25.5. The van der Waals surface area contributed by atoms with Gasteiger partial charge in [-0.3, -0.25) is 4.79 Å². The van der Waals surface area contributed by atoms with Crippen LogP contribution in [-0.4, -0.2) is 68.7 Å². The molecular weight excluding hydrogens is 536 g/mol. The Morgan fingerprint density at radius 3 is 1.88 bits per heavy atom. The fraction of sp³-hybridized carbons (Fsp3) is 0.559. The van der Waals surface area contributed by atoms with Crippen LogP contribution in [0.3, 0.4) is 0 Å². The molecule has 42 heavy (non-hydrogen) atoms. The van der Waals surface area contributed by atoms with Crippen LogP contribution in [0.1, 0.15) is 57.6 Å². The quantitative estimate of drug-likeness (QED) is 0.146. The molecule has 232 valence electrons. The lowest BCUT2D eigenvalue weighted by Gasteiger charge is -2.45. The summed E-state index contributed by atoms with van der Waals surface area (Å²) in [6.45, 7) is 6.76. The highest BCUT2D eigenvalue weighted by Gasteiger charge is 2.50. The van der Waals surface area contributed by atoms with Crippen molar-refractivity contribution in [1.82, 2.24) is 0 Å². The minimum Gasteiger partial charge on any atom is -0.454 e. The Labute approximate surface area is 250 Å². The average Bonchev–Trinajstić information content (AvgIpc) is 2.99. The van der Waals surface area contributed by atoms with Crippen LogP contribution in [0.5, 0.6) is 0 Å². The molecule has 1 saturated heterocycles. The molecule has 2 aromatic rings. The number of methoxy groups -OCH3 is 1. The summed E-state index contributed by atoms with van der Waals surface area (Å²) in [6, 6.07) is 19.5. The molecule has 0 spiro atoms. The SMILES string of the molecule is COCCC/C=C\CCCO[C@@H]1OC(CO)[C@H](OCc2ccccc2)[C@@H](OCc2ccccc2)C1OC(=O)C(C)(C)C. The van der Waals surface area contributed by atoms with Gasteiger partial charge in [0, 0.05) is 13.7 Å². The first-order valence-electron chi connectivity index (χ1n) is 14.9. The number of aliphatic hydroxyl groups excluding tert-OH is 1. The van der Waals surface area contributed by atoms with E-state index in [0.717, 1.165) is 43.4 Å². The minimum absolute atomic E-state index is 0.263. The molecule has 2 unspecified atom stereocenters. The fourth-order valence-electron chi connectivity index (χ4n) is 4.49. The third-order valence-corrected chi connectivity index (χ3v) is 6.88.